The van der Waals surface area contributed by atoms with E-state index in [0.717, 1.165) is 36.9 Å². The van der Waals surface area contributed by atoms with E-state index in [-0.39, 0.29) is 0 Å². The smallest absolute Gasteiger partial charge is 0.159 e. The van der Waals surface area contributed by atoms with Gasteiger partial charge in [-0.3, -0.25) is 0 Å². The zero-order chi connectivity index (χ0) is 20.4. The number of piperazine rings is 1. The van der Waals surface area contributed by atoms with Gasteiger partial charge in [-0.15, -0.1) is 0 Å². The molecule has 1 aliphatic rings. The summed E-state index contributed by atoms with van der Waals surface area (Å²) >= 11 is 18.4. The minimum atomic E-state index is 0.472. The molecule has 0 aliphatic carbocycles. The van der Waals surface area contributed by atoms with Gasteiger partial charge in [0, 0.05) is 41.9 Å². The lowest BCUT2D eigenvalue weighted by Gasteiger charge is -2.37. The molecule has 0 saturated carbocycles. The van der Waals surface area contributed by atoms with Crippen molar-refractivity contribution in [1.82, 2.24) is 9.97 Å². The Labute approximate surface area is 184 Å². The summed E-state index contributed by atoms with van der Waals surface area (Å²) in [5, 5.41) is 5.00. The van der Waals surface area contributed by atoms with Crippen molar-refractivity contribution >= 4 is 63.5 Å². The molecule has 2 heterocycles. The maximum Gasteiger partial charge on any atom is 0.159 e. The molecule has 2 aromatic carbocycles. The number of hydrogen-bond donors (Lipinski definition) is 2. The van der Waals surface area contributed by atoms with Crippen LogP contribution < -0.4 is 20.9 Å². The van der Waals surface area contributed by atoms with Crippen molar-refractivity contribution < 1.29 is 0 Å². The molecule has 0 amide bonds. The van der Waals surface area contributed by atoms with Gasteiger partial charge in [-0.05, 0) is 36.4 Å². The van der Waals surface area contributed by atoms with E-state index in [2.05, 4.69) is 31.2 Å². The van der Waals surface area contributed by atoms with Crippen LogP contribution in [0.2, 0.25) is 15.1 Å². The summed E-state index contributed by atoms with van der Waals surface area (Å²) in [4.78, 5) is 13.1. The molecule has 1 aromatic heterocycles. The number of nitrogens with two attached hydrogens (primary N) is 1. The third kappa shape index (κ3) is 4.45. The number of anilines is 5. The lowest BCUT2D eigenvalue weighted by molar-refractivity contribution is 0.647. The fraction of sp³-hybridized carbons (Fsp3) is 0.200. The van der Waals surface area contributed by atoms with Crippen LogP contribution in [0.4, 0.5) is 28.7 Å². The topological polar surface area (TPSA) is 70.3 Å². The molecule has 0 unspecified atom stereocenters. The van der Waals surface area contributed by atoms with Crippen molar-refractivity contribution in [3.05, 3.63) is 63.9 Å². The Hall–Kier alpha value is -2.41. The van der Waals surface area contributed by atoms with E-state index in [1.807, 2.05) is 18.2 Å². The third-order valence-corrected chi connectivity index (χ3v) is 5.60. The number of rotatable bonds is 4. The predicted molar refractivity (Wildman–Crippen MR) is 122 cm³/mol. The number of benzene rings is 2. The van der Waals surface area contributed by atoms with Crippen LogP contribution in [0.15, 0.2) is 48.8 Å². The number of nitrogens with one attached hydrogen (secondary N) is 1. The Balaban J connectivity index is 1.50. The summed E-state index contributed by atoms with van der Waals surface area (Å²) in [5.74, 6) is 1.20. The Kier molecular flexibility index (Phi) is 5.85. The summed E-state index contributed by atoms with van der Waals surface area (Å²) in [5.41, 5.74) is 8.61. The summed E-state index contributed by atoms with van der Waals surface area (Å²) < 4.78 is 0. The van der Waals surface area contributed by atoms with Gasteiger partial charge in [0.05, 0.1) is 10.7 Å². The normalized spacial score (nSPS) is 14.2. The van der Waals surface area contributed by atoms with Gasteiger partial charge in [0.15, 0.2) is 11.6 Å². The maximum atomic E-state index is 6.38. The van der Waals surface area contributed by atoms with Gasteiger partial charge in [-0.2, -0.15) is 0 Å². The second-order valence-corrected chi connectivity index (χ2v) is 7.94. The number of halogens is 3. The summed E-state index contributed by atoms with van der Waals surface area (Å²) in [7, 11) is 0. The molecule has 6 nitrogen and oxygen atoms in total. The van der Waals surface area contributed by atoms with Crippen LogP contribution >= 0.6 is 34.8 Å². The van der Waals surface area contributed by atoms with Crippen molar-refractivity contribution in [3.8, 4) is 0 Å². The number of aromatic nitrogens is 2. The number of nitrogens with zero attached hydrogens (tertiary/aromatic N) is 4. The molecule has 0 spiro atoms. The molecule has 0 radical (unpaired) electrons. The summed E-state index contributed by atoms with van der Waals surface area (Å²) in [6, 6.07) is 13.1. The molecule has 1 saturated heterocycles. The van der Waals surface area contributed by atoms with Crippen LogP contribution in [0, 0.1) is 0 Å². The van der Waals surface area contributed by atoms with Crippen molar-refractivity contribution in [2.45, 2.75) is 0 Å². The molecule has 1 aliphatic heterocycles. The fourth-order valence-electron chi connectivity index (χ4n) is 3.31. The zero-order valence-corrected chi connectivity index (χ0v) is 17.7. The van der Waals surface area contributed by atoms with Crippen LogP contribution in [0.1, 0.15) is 0 Å². The first-order chi connectivity index (χ1) is 14.0. The minimum Gasteiger partial charge on any atom is -0.393 e. The predicted octanol–water partition coefficient (Wildman–Crippen LogP) is 5.09. The standard InChI is InChI=1S/C20H19Cl3N6/c21-13-2-1-3-15(10-13)28-6-8-29(9-7-28)20-18(24)19(25-12-26-20)27-17-11-14(22)4-5-16(17)23/h1-5,10-12H,6-9,24H2,(H,25,26,27). The average Bonchev–Trinajstić information content (AvgIpc) is 2.72. The molecule has 1 fully saturated rings. The van der Waals surface area contributed by atoms with Crippen molar-refractivity contribution in [2.24, 2.45) is 0 Å². The van der Waals surface area contributed by atoms with E-state index in [1.54, 1.807) is 18.2 Å². The molecular weight excluding hydrogens is 431 g/mol. The van der Waals surface area contributed by atoms with Gasteiger partial charge in [0.2, 0.25) is 0 Å². The Bertz CT molecular complexity index is 1020. The summed E-state index contributed by atoms with van der Waals surface area (Å²) in [6.07, 6.45) is 1.50. The van der Waals surface area contributed by atoms with Gasteiger partial charge in [0.1, 0.15) is 12.0 Å². The second-order valence-electron chi connectivity index (χ2n) is 6.66. The van der Waals surface area contributed by atoms with Gasteiger partial charge in [-0.1, -0.05) is 40.9 Å². The van der Waals surface area contributed by atoms with E-state index >= 15 is 0 Å². The lowest BCUT2D eigenvalue weighted by atomic mass is 10.2. The van der Waals surface area contributed by atoms with Gasteiger partial charge >= 0.3 is 0 Å². The highest BCUT2D eigenvalue weighted by atomic mass is 35.5. The highest BCUT2D eigenvalue weighted by Crippen LogP contribution is 2.33. The van der Waals surface area contributed by atoms with E-state index in [1.165, 1.54) is 6.33 Å². The fourth-order valence-corrected chi connectivity index (χ4v) is 3.83. The molecule has 9 heteroatoms. The van der Waals surface area contributed by atoms with Crippen LogP contribution in [0.5, 0.6) is 0 Å². The molecule has 0 bridgehead atoms. The van der Waals surface area contributed by atoms with Gasteiger partial charge in [-0.25, -0.2) is 9.97 Å². The third-order valence-electron chi connectivity index (χ3n) is 4.80. The maximum absolute atomic E-state index is 6.38. The van der Waals surface area contributed by atoms with Gasteiger partial charge < -0.3 is 20.9 Å². The molecule has 29 heavy (non-hydrogen) atoms. The van der Waals surface area contributed by atoms with E-state index < -0.39 is 0 Å². The van der Waals surface area contributed by atoms with E-state index in [9.17, 15) is 0 Å². The van der Waals surface area contributed by atoms with Gasteiger partial charge in [0.25, 0.3) is 0 Å². The van der Waals surface area contributed by atoms with E-state index in [0.29, 0.717) is 33.1 Å². The van der Waals surface area contributed by atoms with Crippen molar-refractivity contribution in [1.29, 1.82) is 0 Å². The average molecular weight is 450 g/mol. The summed E-state index contributed by atoms with van der Waals surface area (Å²) in [6.45, 7) is 3.25. The monoisotopic (exact) mass is 448 g/mol. The molecule has 3 aromatic rings. The first-order valence-corrected chi connectivity index (χ1v) is 10.2. The number of nitrogen functional groups attached to an aromatic ring is 1. The Morgan fingerprint density at radius 2 is 1.59 bits per heavy atom. The Morgan fingerprint density at radius 3 is 2.34 bits per heavy atom. The van der Waals surface area contributed by atoms with E-state index in [4.69, 9.17) is 40.5 Å². The SMILES string of the molecule is Nc1c(Nc2cc(Cl)ccc2Cl)ncnc1N1CCN(c2cccc(Cl)c2)CC1. The van der Waals surface area contributed by atoms with Crippen LogP contribution in [-0.2, 0) is 0 Å². The minimum absolute atomic E-state index is 0.472. The second kappa shape index (κ2) is 8.53. The van der Waals surface area contributed by atoms with Crippen molar-refractivity contribution in [2.75, 3.05) is 47.0 Å². The molecular formula is C20H19Cl3N6. The first-order valence-electron chi connectivity index (χ1n) is 9.09. The Morgan fingerprint density at radius 1 is 0.862 bits per heavy atom. The van der Waals surface area contributed by atoms with Crippen LogP contribution in [-0.4, -0.2) is 36.1 Å². The highest BCUT2D eigenvalue weighted by Gasteiger charge is 2.22. The first kappa shape index (κ1) is 19.9. The molecule has 4 rings (SSSR count). The highest BCUT2D eigenvalue weighted by molar-refractivity contribution is 6.35. The molecule has 0 atom stereocenters. The molecule has 3 N–H and O–H groups in total. The largest absolute Gasteiger partial charge is 0.393 e. The lowest BCUT2D eigenvalue weighted by Crippen LogP contribution is -2.47. The van der Waals surface area contributed by atoms with Crippen LogP contribution in [0.25, 0.3) is 0 Å². The molecule has 150 valence electrons. The zero-order valence-electron chi connectivity index (χ0n) is 15.4. The van der Waals surface area contributed by atoms with Crippen LogP contribution in [0.3, 0.4) is 0 Å². The quantitative estimate of drug-likeness (QED) is 0.578. The number of hydrogen-bond acceptors (Lipinski definition) is 6. The van der Waals surface area contributed by atoms with Crippen molar-refractivity contribution in [3.63, 3.8) is 0 Å².